The van der Waals surface area contributed by atoms with Crippen LogP contribution >= 0.6 is 11.6 Å². The third kappa shape index (κ3) is 4.74. The Morgan fingerprint density at radius 3 is 2.63 bits per heavy atom. The summed E-state index contributed by atoms with van der Waals surface area (Å²) in [6.45, 7) is 4.88. The molecule has 1 heterocycles. The number of imidazole rings is 1. The molecule has 0 atom stereocenters. The van der Waals surface area contributed by atoms with Crippen molar-refractivity contribution in [2.75, 3.05) is 0 Å². The van der Waals surface area contributed by atoms with Crippen molar-refractivity contribution in [2.24, 2.45) is 0 Å². The van der Waals surface area contributed by atoms with Gasteiger partial charge in [-0.1, -0.05) is 23.7 Å². The molecule has 1 amide bonds. The lowest BCUT2D eigenvalue weighted by Crippen LogP contribution is -2.37. The van der Waals surface area contributed by atoms with Gasteiger partial charge in [0.15, 0.2) is 0 Å². The normalized spacial score (nSPS) is 11.0. The van der Waals surface area contributed by atoms with Gasteiger partial charge in [0.05, 0.1) is 6.54 Å². The van der Waals surface area contributed by atoms with Crippen LogP contribution < -0.4 is 0 Å². The van der Waals surface area contributed by atoms with E-state index in [4.69, 9.17) is 11.6 Å². The minimum absolute atomic E-state index is 0.0288. The van der Waals surface area contributed by atoms with Gasteiger partial charge >= 0.3 is 0 Å². The van der Waals surface area contributed by atoms with Gasteiger partial charge < -0.3 is 9.47 Å². The van der Waals surface area contributed by atoms with E-state index in [0.29, 0.717) is 23.7 Å². The molecule has 0 saturated carbocycles. The molecule has 0 unspecified atom stereocenters. The summed E-state index contributed by atoms with van der Waals surface area (Å²) in [6, 6.07) is 13.2. The van der Waals surface area contributed by atoms with Crippen LogP contribution in [0.1, 0.15) is 35.6 Å². The summed E-state index contributed by atoms with van der Waals surface area (Å²) in [5.74, 6) is 0.265. The van der Waals surface area contributed by atoms with Gasteiger partial charge in [-0.2, -0.15) is 0 Å². The molecular weight excluding hydrogens is 365 g/mol. The largest absolute Gasteiger partial charge is 0.329 e. The average Bonchev–Trinajstić information content (AvgIpc) is 3.06. The lowest BCUT2D eigenvalue weighted by molar-refractivity contribution is 0.0683. The molecule has 1 aromatic heterocycles. The number of hydrogen-bond donors (Lipinski definition) is 0. The van der Waals surface area contributed by atoms with Crippen molar-refractivity contribution in [1.29, 1.82) is 0 Å². The molecule has 0 N–H and O–H groups in total. The van der Waals surface area contributed by atoms with Crippen molar-refractivity contribution in [1.82, 2.24) is 14.5 Å². The second-order valence-corrected chi connectivity index (χ2v) is 7.07. The van der Waals surface area contributed by atoms with Gasteiger partial charge in [-0.15, -0.1) is 0 Å². The predicted octanol–water partition coefficient (Wildman–Crippen LogP) is 4.77. The zero-order valence-electron chi connectivity index (χ0n) is 15.3. The van der Waals surface area contributed by atoms with Crippen molar-refractivity contribution >= 4 is 17.5 Å². The van der Waals surface area contributed by atoms with Gasteiger partial charge in [-0.05, 0) is 55.8 Å². The molecule has 2 aromatic carbocycles. The minimum atomic E-state index is -0.361. The highest BCUT2D eigenvalue weighted by Crippen LogP contribution is 2.16. The molecule has 6 heteroatoms. The van der Waals surface area contributed by atoms with Crippen molar-refractivity contribution in [3.63, 3.8) is 0 Å². The van der Waals surface area contributed by atoms with Gasteiger partial charge in [0.25, 0.3) is 5.91 Å². The van der Waals surface area contributed by atoms with E-state index in [9.17, 15) is 9.18 Å². The van der Waals surface area contributed by atoms with Crippen molar-refractivity contribution in [2.45, 2.75) is 33.0 Å². The molecular formula is C21H21ClFN3O. The molecule has 140 valence electrons. The Balaban J connectivity index is 1.80. The quantitative estimate of drug-likeness (QED) is 0.612. The van der Waals surface area contributed by atoms with E-state index >= 15 is 0 Å². The summed E-state index contributed by atoms with van der Waals surface area (Å²) in [5.41, 5.74) is 1.51. The first kappa shape index (κ1) is 19.1. The number of benzene rings is 2. The maximum Gasteiger partial charge on any atom is 0.254 e. The van der Waals surface area contributed by atoms with Crippen LogP contribution in [-0.4, -0.2) is 26.4 Å². The third-order valence-electron chi connectivity index (χ3n) is 4.33. The van der Waals surface area contributed by atoms with Crippen LogP contribution in [0.2, 0.25) is 5.02 Å². The van der Waals surface area contributed by atoms with E-state index < -0.39 is 0 Å². The van der Waals surface area contributed by atoms with Gasteiger partial charge in [0, 0.05) is 35.6 Å². The van der Waals surface area contributed by atoms with E-state index in [1.54, 1.807) is 11.1 Å². The Bertz CT molecular complexity index is 921. The highest BCUT2D eigenvalue weighted by molar-refractivity contribution is 6.30. The number of nitrogens with zero attached hydrogens (tertiary/aromatic N) is 3. The molecule has 4 nitrogen and oxygen atoms in total. The lowest BCUT2D eigenvalue weighted by atomic mass is 10.1. The maximum atomic E-state index is 13.2. The number of carbonyl (C=O) groups excluding carboxylic acids is 1. The molecule has 0 fully saturated rings. The Hall–Kier alpha value is -2.66. The van der Waals surface area contributed by atoms with Crippen molar-refractivity contribution in [3.8, 4) is 0 Å². The van der Waals surface area contributed by atoms with Crippen LogP contribution in [0.15, 0.2) is 60.9 Å². The molecule has 3 aromatic rings. The Morgan fingerprint density at radius 1 is 1.22 bits per heavy atom. The van der Waals surface area contributed by atoms with E-state index in [1.807, 2.05) is 48.9 Å². The Kier molecular flexibility index (Phi) is 5.91. The fourth-order valence-corrected chi connectivity index (χ4v) is 3.08. The number of carbonyl (C=O) groups is 1. The van der Waals surface area contributed by atoms with E-state index in [-0.39, 0.29) is 17.8 Å². The predicted molar refractivity (Wildman–Crippen MR) is 104 cm³/mol. The van der Waals surface area contributed by atoms with Crippen LogP contribution in [-0.2, 0) is 13.1 Å². The standard InChI is InChI=1S/C21H21ClFN3O/c1-15(2)26(21(27)17-6-8-19(23)9-7-17)14-20-24-10-11-25(20)13-16-4-3-5-18(22)12-16/h3-12,15H,13-14H2,1-2H3. The second kappa shape index (κ2) is 8.35. The zero-order chi connectivity index (χ0) is 19.4. The zero-order valence-corrected chi connectivity index (χ0v) is 16.0. The summed E-state index contributed by atoms with van der Waals surface area (Å²) in [6.07, 6.45) is 3.61. The summed E-state index contributed by atoms with van der Waals surface area (Å²) in [7, 11) is 0. The maximum absolute atomic E-state index is 13.2. The summed E-state index contributed by atoms with van der Waals surface area (Å²) in [5, 5.41) is 0.685. The fourth-order valence-electron chi connectivity index (χ4n) is 2.87. The second-order valence-electron chi connectivity index (χ2n) is 6.63. The molecule has 0 radical (unpaired) electrons. The lowest BCUT2D eigenvalue weighted by Gasteiger charge is -2.27. The fraction of sp³-hybridized carbons (Fsp3) is 0.238. The Labute approximate surface area is 163 Å². The van der Waals surface area contributed by atoms with E-state index in [1.165, 1.54) is 24.3 Å². The van der Waals surface area contributed by atoms with Gasteiger partial charge in [-0.25, -0.2) is 9.37 Å². The van der Waals surface area contributed by atoms with Crippen LogP contribution in [0.25, 0.3) is 0 Å². The number of hydrogen-bond acceptors (Lipinski definition) is 2. The molecule has 0 saturated heterocycles. The Morgan fingerprint density at radius 2 is 1.96 bits per heavy atom. The van der Waals surface area contributed by atoms with Crippen LogP contribution in [0.5, 0.6) is 0 Å². The van der Waals surface area contributed by atoms with Crippen LogP contribution in [0.3, 0.4) is 0 Å². The minimum Gasteiger partial charge on any atom is -0.329 e. The van der Waals surface area contributed by atoms with Crippen molar-refractivity contribution in [3.05, 3.63) is 88.7 Å². The molecule has 0 spiro atoms. The highest BCUT2D eigenvalue weighted by Gasteiger charge is 2.21. The first-order valence-corrected chi connectivity index (χ1v) is 9.13. The van der Waals surface area contributed by atoms with Gasteiger partial charge in [0.2, 0.25) is 0 Å². The average molecular weight is 386 g/mol. The molecule has 3 rings (SSSR count). The summed E-state index contributed by atoms with van der Waals surface area (Å²) >= 11 is 6.07. The molecule has 0 aliphatic rings. The number of halogens is 2. The molecule has 0 bridgehead atoms. The SMILES string of the molecule is CC(C)N(Cc1nccn1Cc1cccc(Cl)c1)C(=O)c1ccc(F)cc1. The van der Waals surface area contributed by atoms with Gasteiger partial charge in [0.1, 0.15) is 11.6 Å². The first-order chi connectivity index (χ1) is 12.9. The summed E-state index contributed by atoms with van der Waals surface area (Å²) < 4.78 is 15.2. The third-order valence-corrected chi connectivity index (χ3v) is 4.57. The van der Waals surface area contributed by atoms with E-state index in [0.717, 1.165) is 11.4 Å². The number of rotatable bonds is 6. The topological polar surface area (TPSA) is 38.1 Å². The first-order valence-electron chi connectivity index (χ1n) is 8.75. The van der Waals surface area contributed by atoms with Gasteiger partial charge in [-0.3, -0.25) is 4.79 Å². The molecule has 0 aliphatic carbocycles. The van der Waals surface area contributed by atoms with Crippen LogP contribution in [0.4, 0.5) is 4.39 Å². The smallest absolute Gasteiger partial charge is 0.254 e. The highest BCUT2D eigenvalue weighted by atomic mass is 35.5. The summed E-state index contributed by atoms with van der Waals surface area (Å²) in [4.78, 5) is 19.0. The molecule has 0 aliphatic heterocycles. The monoisotopic (exact) mass is 385 g/mol. The number of aromatic nitrogens is 2. The molecule has 27 heavy (non-hydrogen) atoms. The number of amides is 1. The van der Waals surface area contributed by atoms with Crippen molar-refractivity contribution < 1.29 is 9.18 Å². The van der Waals surface area contributed by atoms with E-state index in [2.05, 4.69) is 4.98 Å². The van der Waals surface area contributed by atoms with Crippen LogP contribution in [0, 0.1) is 5.82 Å².